The van der Waals surface area contributed by atoms with Gasteiger partial charge in [-0.2, -0.15) is 0 Å². The van der Waals surface area contributed by atoms with Gasteiger partial charge in [0.2, 0.25) is 0 Å². The van der Waals surface area contributed by atoms with E-state index in [2.05, 4.69) is 5.32 Å². The third kappa shape index (κ3) is 3.42. The quantitative estimate of drug-likeness (QED) is 0.830. The molecule has 1 aromatic rings. The van der Waals surface area contributed by atoms with Crippen LogP contribution in [0.25, 0.3) is 0 Å². The van der Waals surface area contributed by atoms with E-state index in [1.165, 1.54) is 12.1 Å². The van der Waals surface area contributed by atoms with E-state index in [4.69, 9.17) is 9.84 Å². The van der Waals surface area contributed by atoms with Gasteiger partial charge in [0.05, 0.1) is 17.4 Å². The van der Waals surface area contributed by atoms with Crippen LogP contribution in [-0.2, 0) is 4.74 Å². The molecule has 0 fully saturated rings. The van der Waals surface area contributed by atoms with Crippen molar-refractivity contribution in [3.05, 3.63) is 29.6 Å². The zero-order valence-electron chi connectivity index (χ0n) is 10.0. The van der Waals surface area contributed by atoms with Crippen molar-refractivity contribution in [2.24, 2.45) is 0 Å². The van der Waals surface area contributed by atoms with Gasteiger partial charge in [-0.3, -0.25) is 0 Å². The average Bonchev–Trinajstić information content (AvgIpc) is 2.30. The molecule has 0 heterocycles. The summed E-state index contributed by atoms with van der Waals surface area (Å²) in [6.07, 6.45) is -0.108. The number of halogens is 1. The first-order valence-electron chi connectivity index (χ1n) is 5.28. The number of hydrogen-bond acceptors (Lipinski definition) is 3. The van der Waals surface area contributed by atoms with E-state index in [-0.39, 0.29) is 23.4 Å². The molecule has 0 bridgehead atoms. The molecule has 0 saturated heterocycles. The highest BCUT2D eigenvalue weighted by Crippen LogP contribution is 2.18. The average molecular weight is 241 g/mol. The van der Waals surface area contributed by atoms with E-state index in [0.29, 0.717) is 0 Å². The van der Waals surface area contributed by atoms with Crippen molar-refractivity contribution in [3.63, 3.8) is 0 Å². The van der Waals surface area contributed by atoms with Crippen molar-refractivity contribution in [2.45, 2.75) is 26.0 Å². The second kappa shape index (κ2) is 5.63. The number of carboxylic acids is 1. The first kappa shape index (κ1) is 13.4. The van der Waals surface area contributed by atoms with Gasteiger partial charge < -0.3 is 15.2 Å². The Kier molecular flexibility index (Phi) is 4.45. The lowest BCUT2D eigenvalue weighted by molar-refractivity contribution is 0.0697. The molecule has 0 saturated carbocycles. The summed E-state index contributed by atoms with van der Waals surface area (Å²) in [6.45, 7) is 3.68. The number of nitrogens with one attached hydrogen (secondary N) is 1. The molecule has 2 atom stereocenters. The Hall–Kier alpha value is -1.62. The minimum Gasteiger partial charge on any atom is -0.478 e. The maximum atomic E-state index is 13.5. The number of rotatable bonds is 5. The highest BCUT2D eigenvalue weighted by atomic mass is 19.1. The number of ether oxygens (including phenoxy) is 1. The minimum absolute atomic E-state index is 0.0474. The van der Waals surface area contributed by atoms with Crippen molar-refractivity contribution in [2.75, 3.05) is 12.4 Å². The van der Waals surface area contributed by atoms with Gasteiger partial charge in [0.25, 0.3) is 0 Å². The predicted molar refractivity (Wildman–Crippen MR) is 62.9 cm³/mol. The summed E-state index contributed by atoms with van der Waals surface area (Å²) >= 11 is 0. The van der Waals surface area contributed by atoms with Crippen LogP contribution in [0, 0.1) is 5.82 Å². The normalized spacial score (nSPS) is 14.1. The lowest BCUT2D eigenvalue weighted by Crippen LogP contribution is -2.30. The molecule has 17 heavy (non-hydrogen) atoms. The van der Waals surface area contributed by atoms with Gasteiger partial charge in [-0.25, -0.2) is 9.18 Å². The minimum atomic E-state index is -1.08. The van der Waals surface area contributed by atoms with Crippen LogP contribution in [0.1, 0.15) is 24.2 Å². The molecule has 0 radical (unpaired) electrons. The number of aromatic carboxylic acids is 1. The lowest BCUT2D eigenvalue weighted by atomic mass is 10.1. The molecule has 0 aromatic heterocycles. The Morgan fingerprint density at radius 3 is 2.65 bits per heavy atom. The summed E-state index contributed by atoms with van der Waals surface area (Å²) in [4.78, 5) is 10.8. The molecule has 2 N–H and O–H groups in total. The maximum absolute atomic E-state index is 13.5. The van der Waals surface area contributed by atoms with Gasteiger partial charge in [-0.05, 0) is 32.0 Å². The van der Waals surface area contributed by atoms with Gasteiger partial charge in [0.15, 0.2) is 0 Å². The number of benzene rings is 1. The molecule has 0 aliphatic rings. The molecule has 1 aromatic carbocycles. The molecule has 5 heteroatoms. The van der Waals surface area contributed by atoms with Gasteiger partial charge >= 0.3 is 5.97 Å². The van der Waals surface area contributed by atoms with Crippen LogP contribution in [-0.4, -0.2) is 30.3 Å². The number of hydrogen-bond donors (Lipinski definition) is 2. The predicted octanol–water partition coefficient (Wildman–Crippen LogP) is 2.36. The van der Waals surface area contributed by atoms with Crippen LogP contribution >= 0.6 is 0 Å². The summed E-state index contributed by atoms with van der Waals surface area (Å²) < 4.78 is 18.6. The highest BCUT2D eigenvalue weighted by molar-refractivity contribution is 5.88. The Labute approximate surface area is 99.4 Å². The summed E-state index contributed by atoms with van der Waals surface area (Å²) in [6, 6.07) is 3.51. The molecule has 4 nitrogen and oxygen atoms in total. The van der Waals surface area contributed by atoms with E-state index in [0.717, 1.165) is 6.07 Å². The van der Waals surface area contributed by atoms with Crippen molar-refractivity contribution in [3.8, 4) is 0 Å². The van der Waals surface area contributed by atoms with Gasteiger partial charge in [0.1, 0.15) is 5.82 Å². The number of methoxy groups -OCH3 is 1. The van der Waals surface area contributed by atoms with E-state index in [1.807, 2.05) is 13.8 Å². The SMILES string of the molecule is COC(C)C(C)Nc1cc(C(=O)O)ccc1F. The Balaban J connectivity index is 2.89. The Morgan fingerprint density at radius 1 is 1.47 bits per heavy atom. The molecule has 0 aliphatic carbocycles. The molecule has 0 aliphatic heterocycles. The first-order valence-corrected chi connectivity index (χ1v) is 5.28. The van der Waals surface area contributed by atoms with Crippen LogP contribution in [0.5, 0.6) is 0 Å². The molecule has 1 rings (SSSR count). The summed E-state index contributed by atoms with van der Waals surface area (Å²) in [5, 5.41) is 11.7. The maximum Gasteiger partial charge on any atom is 0.335 e. The highest BCUT2D eigenvalue weighted by Gasteiger charge is 2.14. The fourth-order valence-corrected chi connectivity index (χ4v) is 1.34. The monoisotopic (exact) mass is 241 g/mol. The standard InChI is InChI=1S/C12H16FNO3/c1-7(8(2)17-3)14-11-6-9(12(15)16)4-5-10(11)13/h4-8,14H,1-3H3,(H,15,16). The zero-order valence-corrected chi connectivity index (χ0v) is 10.0. The van der Waals surface area contributed by atoms with Crippen molar-refractivity contribution in [1.82, 2.24) is 0 Å². The smallest absolute Gasteiger partial charge is 0.335 e. The zero-order chi connectivity index (χ0) is 13.0. The largest absolute Gasteiger partial charge is 0.478 e. The van der Waals surface area contributed by atoms with Crippen molar-refractivity contribution in [1.29, 1.82) is 0 Å². The molecule has 0 spiro atoms. The van der Waals surface area contributed by atoms with E-state index < -0.39 is 11.8 Å². The number of carboxylic acid groups (broad SMARTS) is 1. The second-order valence-corrected chi connectivity index (χ2v) is 3.87. The molecule has 2 unspecified atom stereocenters. The summed E-state index contributed by atoms with van der Waals surface area (Å²) in [7, 11) is 1.56. The number of carbonyl (C=O) groups is 1. The topological polar surface area (TPSA) is 58.6 Å². The Bertz CT molecular complexity index is 409. The molecule has 0 amide bonds. The fraction of sp³-hybridized carbons (Fsp3) is 0.417. The third-order valence-corrected chi connectivity index (χ3v) is 2.67. The van der Waals surface area contributed by atoms with Crippen LogP contribution < -0.4 is 5.32 Å². The third-order valence-electron chi connectivity index (χ3n) is 2.67. The van der Waals surface area contributed by atoms with Crippen LogP contribution in [0.4, 0.5) is 10.1 Å². The van der Waals surface area contributed by atoms with E-state index in [1.54, 1.807) is 7.11 Å². The molecular formula is C12H16FNO3. The summed E-state index contributed by atoms with van der Waals surface area (Å²) in [5.41, 5.74) is 0.215. The van der Waals surface area contributed by atoms with Crippen LogP contribution in [0.2, 0.25) is 0 Å². The van der Waals surface area contributed by atoms with Gasteiger partial charge in [-0.1, -0.05) is 0 Å². The second-order valence-electron chi connectivity index (χ2n) is 3.87. The van der Waals surface area contributed by atoms with Gasteiger partial charge in [-0.15, -0.1) is 0 Å². The molecule has 94 valence electrons. The first-order chi connectivity index (χ1) is 7.95. The molecular weight excluding hydrogens is 225 g/mol. The van der Waals surface area contributed by atoms with Gasteiger partial charge in [0, 0.05) is 13.2 Å². The number of anilines is 1. The lowest BCUT2D eigenvalue weighted by Gasteiger charge is -2.21. The van der Waals surface area contributed by atoms with Crippen molar-refractivity contribution >= 4 is 11.7 Å². The van der Waals surface area contributed by atoms with Crippen LogP contribution in [0.3, 0.4) is 0 Å². The summed E-state index contributed by atoms with van der Waals surface area (Å²) in [5.74, 6) is -1.56. The fourth-order valence-electron chi connectivity index (χ4n) is 1.34. The van der Waals surface area contributed by atoms with E-state index >= 15 is 0 Å². The van der Waals surface area contributed by atoms with E-state index in [9.17, 15) is 9.18 Å². The Morgan fingerprint density at radius 2 is 2.12 bits per heavy atom. The van der Waals surface area contributed by atoms with Crippen LogP contribution in [0.15, 0.2) is 18.2 Å². The van der Waals surface area contributed by atoms with Crippen molar-refractivity contribution < 1.29 is 19.0 Å².